The summed E-state index contributed by atoms with van der Waals surface area (Å²) < 4.78 is 4.36. The van der Waals surface area contributed by atoms with E-state index in [2.05, 4.69) is 110 Å². The van der Waals surface area contributed by atoms with Crippen LogP contribution in [0.25, 0.3) is 86.9 Å². The highest BCUT2D eigenvalue weighted by atomic mass is 15.0. The van der Waals surface area contributed by atoms with E-state index in [1.807, 2.05) is 66.7 Å². The van der Waals surface area contributed by atoms with E-state index >= 15 is 0 Å². The number of hydrogen-bond acceptors (Lipinski definition) is 1. The van der Waals surface area contributed by atoms with E-state index in [1.165, 1.54) is 0 Å². The molecule has 50 heavy (non-hydrogen) atoms. The quantitative estimate of drug-likeness (QED) is 0.177. The molecule has 0 aliphatic carbocycles. The Balaban J connectivity index is 1.18. The van der Waals surface area contributed by atoms with Crippen LogP contribution in [0.5, 0.6) is 0 Å². The first-order chi connectivity index (χ1) is 24.7. The molecular formula is C45H25N5. The lowest BCUT2D eigenvalue weighted by atomic mass is 9.98. The van der Waals surface area contributed by atoms with Crippen LogP contribution in [-0.4, -0.2) is 9.13 Å². The molecule has 0 saturated heterocycles. The number of nitrogens with zero attached hydrogens (tertiary/aromatic N) is 5. The van der Waals surface area contributed by atoms with Gasteiger partial charge in [0.25, 0.3) is 0 Å². The zero-order chi connectivity index (χ0) is 33.8. The smallest absolute Gasteiger partial charge is 0.211 e. The summed E-state index contributed by atoms with van der Waals surface area (Å²) >= 11 is 0. The highest BCUT2D eigenvalue weighted by Gasteiger charge is 2.19. The van der Waals surface area contributed by atoms with Gasteiger partial charge in [0.15, 0.2) is 5.69 Å². The van der Waals surface area contributed by atoms with Crippen LogP contribution in [0.15, 0.2) is 152 Å². The molecule has 0 unspecified atom stereocenters. The van der Waals surface area contributed by atoms with Crippen molar-refractivity contribution in [2.24, 2.45) is 0 Å². The van der Waals surface area contributed by atoms with Crippen molar-refractivity contribution in [2.75, 3.05) is 0 Å². The van der Waals surface area contributed by atoms with E-state index in [0.717, 1.165) is 77.2 Å². The average Bonchev–Trinajstić information content (AvgIpc) is 3.70. The third kappa shape index (κ3) is 4.31. The van der Waals surface area contributed by atoms with E-state index in [4.69, 9.17) is 13.1 Å². The van der Waals surface area contributed by atoms with Gasteiger partial charge in [-0.1, -0.05) is 109 Å². The van der Waals surface area contributed by atoms with Crippen molar-refractivity contribution in [1.82, 2.24) is 9.13 Å². The fourth-order valence-corrected chi connectivity index (χ4v) is 7.40. The van der Waals surface area contributed by atoms with Crippen molar-refractivity contribution in [3.63, 3.8) is 0 Å². The summed E-state index contributed by atoms with van der Waals surface area (Å²) in [6.45, 7) is 15.7. The predicted octanol–water partition coefficient (Wildman–Crippen LogP) is 12.2. The standard InChI is InChI=1S/C45H25N5/c1-47-33-24-25-43-39(27-33)38-16-8-11-32(28-46)44(38)49(43)34-12-7-10-31(26-34)29-20-22-30(23-21-29)35-15-9-17-40(48-2)45(35)50-41-18-5-3-13-36(41)37-14-4-6-19-42(37)50/h3-27H. The second-order valence-corrected chi connectivity index (χ2v) is 12.2. The molecule has 7 aromatic carbocycles. The molecule has 0 radical (unpaired) electrons. The Bertz CT molecular complexity index is 2900. The molecule has 0 aliphatic heterocycles. The van der Waals surface area contributed by atoms with E-state index in [1.54, 1.807) is 0 Å². The Labute approximate surface area is 288 Å². The Hall–Kier alpha value is -7.39. The summed E-state index contributed by atoms with van der Waals surface area (Å²) in [5.41, 5.74) is 11.5. The van der Waals surface area contributed by atoms with Crippen LogP contribution in [0.4, 0.5) is 11.4 Å². The van der Waals surface area contributed by atoms with Gasteiger partial charge in [0.1, 0.15) is 6.07 Å². The van der Waals surface area contributed by atoms with Gasteiger partial charge in [-0.05, 0) is 70.1 Å². The molecule has 0 fully saturated rings. The molecule has 0 atom stereocenters. The van der Waals surface area contributed by atoms with E-state index < -0.39 is 0 Å². The molecule has 2 aromatic heterocycles. The third-order valence-electron chi connectivity index (χ3n) is 9.59. The van der Waals surface area contributed by atoms with Crippen LogP contribution in [0.1, 0.15) is 5.56 Å². The Morgan fingerprint density at radius 3 is 1.88 bits per heavy atom. The number of nitriles is 1. The number of benzene rings is 7. The van der Waals surface area contributed by atoms with Gasteiger partial charge in [-0.2, -0.15) is 5.26 Å². The number of rotatable bonds is 4. The lowest BCUT2D eigenvalue weighted by molar-refractivity contribution is 1.18. The molecule has 5 heteroatoms. The third-order valence-corrected chi connectivity index (χ3v) is 9.59. The number of hydrogen-bond donors (Lipinski definition) is 0. The zero-order valence-corrected chi connectivity index (χ0v) is 26.7. The van der Waals surface area contributed by atoms with Crippen LogP contribution in [0, 0.1) is 24.5 Å². The van der Waals surface area contributed by atoms with Gasteiger partial charge in [0, 0.05) is 21.8 Å². The van der Waals surface area contributed by atoms with E-state index in [9.17, 15) is 5.26 Å². The van der Waals surface area contributed by atoms with Crippen LogP contribution >= 0.6 is 0 Å². The Kier molecular flexibility index (Phi) is 6.56. The van der Waals surface area contributed by atoms with E-state index in [-0.39, 0.29) is 0 Å². The van der Waals surface area contributed by atoms with Gasteiger partial charge in [-0.25, -0.2) is 9.69 Å². The van der Waals surface area contributed by atoms with Gasteiger partial charge in [-0.15, -0.1) is 0 Å². The van der Waals surface area contributed by atoms with E-state index in [0.29, 0.717) is 16.9 Å². The fraction of sp³-hybridized carbons (Fsp3) is 0. The maximum Gasteiger partial charge on any atom is 0.211 e. The Morgan fingerprint density at radius 2 is 1.16 bits per heavy atom. The van der Waals surface area contributed by atoms with Gasteiger partial charge >= 0.3 is 0 Å². The summed E-state index contributed by atoms with van der Waals surface area (Å²) in [6.07, 6.45) is 0. The summed E-state index contributed by atoms with van der Waals surface area (Å²) in [7, 11) is 0. The maximum atomic E-state index is 10.1. The monoisotopic (exact) mass is 635 g/mol. The molecule has 9 rings (SSSR count). The highest BCUT2D eigenvalue weighted by molar-refractivity contribution is 6.12. The van der Waals surface area contributed by atoms with Gasteiger partial charge in [-0.3, -0.25) is 0 Å². The lowest BCUT2D eigenvalue weighted by Crippen LogP contribution is -1.98. The van der Waals surface area contributed by atoms with Crippen molar-refractivity contribution in [3.05, 3.63) is 180 Å². The van der Waals surface area contributed by atoms with Crippen molar-refractivity contribution in [1.29, 1.82) is 5.26 Å². The second kappa shape index (κ2) is 11.4. The number of aromatic nitrogens is 2. The minimum absolute atomic E-state index is 0.566. The van der Waals surface area contributed by atoms with Crippen molar-refractivity contribution in [2.45, 2.75) is 0 Å². The molecule has 0 spiro atoms. The van der Waals surface area contributed by atoms with Crippen molar-refractivity contribution >= 4 is 55.0 Å². The lowest BCUT2D eigenvalue weighted by Gasteiger charge is -2.16. The summed E-state index contributed by atoms with van der Waals surface area (Å²) in [6, 6.07) is 53.4. The molecule has 0 bridgehead atoms. The normalized spacial score (nSPS) is 11.1. The number of para-hydroxylation sites is 4. The van der Waals surface area contributed by atoms with Crippen molar-refractivity contribution in [3.8, 4) is 39.7 Å². The highest BCUT2D eigenvalue weighted by Crippen LogP contribution is 2.42. The van der Waals surface area contributed by atoms with Gasteiger partial charge in [0.2, 0.25) is 5.69 Å². The predicted molar refractivity (Wildman–Crippen MR) is 203 cm³/mol. The van der Waals surface area contributed by atoms with Gasteiger partial charge in [0.05, 0.1) is 46.5 Å². The first-order valence-electron chi connectivity index (χ1n) is 16.2. The van der Waals surface area contributed by atoms with Crippen LogP contribution in [0.3, 0.4) is 0 Å². The maximum absolute atomic E-state index is 10.1. The molecule has 5 nitrogen and oxygen atoms in total. The topological polar surface area (TPSA) is 42.4 Å². The molecule has 9 aromatic rings. The summed E-state index contributed by atoms with van der Waals surface area (Å²) in [4.78, 5) is 7.63. The minimum atomic E-state index is 0.566. The molecule has 0 saturated carbocycles. The fourth-order valence-electron chi connectivity index (χ4n) is 7.40. The van der Waals surface area contributed by atoms with Gasteiger partial charge < -0.3 is 9.13 Å². The Morgan fingerprint density at radius 1 is 0.500 bits per heavy atom. The summed E-state index contributed by atoms with van der Waals surface area (Å²) in [5.74, 6) is 0. The first-order valence-corrected chi connectivity index (χ1v) is 16.2. The summed E-state index contributed by atoms with van der Waals surface area (Å²) in [5, 5.41) is 14.3. The minimum Gasteiger partial charge on any atom is -0.318 e. The molecule has 0 N–H and O–H groups in total. The largest absolute Gasteiger partial charge is 0.318 e. The first kappa shape index (κ1) is 28.8. The molecule has 0 aliphatic rings. The molecule has 0 amide bonds. The number of fused-ring (bicyclic) bond motifs is 6. The molecule has 2 heterocycles. The zero-order valence-electron chi connectivity index (χ0n) is 26.7. The second-order valence-electron chi connectivity index (χ2n) is 12.2. The van der Waals surface area contributed by atoms with Crippen LogP contribution < -0.4 is 0 Å². The van der Waals surface area contributed by atoms with Crippen LogP contribution in [0.2, 0.25) is 0 Å². The van der Waals surface area contributed by atoms with Crippen LogP contribution in [-0.2, 0) is 0 Å². The molecule has 230 valence electrons. The average molecular weight is 636 g/mol. The van der Waals surface area contributed by atoms with Crippen molar-refractivity contribution < 1.29 is 0 Å². The SMILES string of the molecule is [C-]#[N+]c1ccc2c(c1)c1cccc(C#N)c1n2-c1cccc(-c2ccc(-c3cccc([N+]#[C-])c3-n3c4ccccc4c4ccccc43)cc2)c1. The molecular weight excluding hydrogens is 611 g/mol.